The number of piperidine rings is 1. The van der Waals surface area contributed by atoms with Gasteiger partial charge >= 0.3 is 0 Å². The second-order valence-corrected chi connectivity index (χ2v) is 11.9. The van der Waals surface area contributed by atoms with E-state index in [2.05, 4.69) is 56.2 Å². The van der Waals surface area contributed by atoms with Gasteiger partial charge in [-0.05, 0) is 92.6 Å². The van der Waals surface area contributed by atoms with Gasteiger partial charge in [-0.15, -0.1) is 11.3 Å². The van der Waals surface area contributed by atoms with Gasteiger partial charge < -0.3 is 10.0 Å². The van der Waals surface area contributed by atoms with Crippen LogP contribution in [-0.4, -0.2) is 41.2 Å². The van der Waals surface area contributed by atoms with Crippen LogP contribution in [0, 0.1) is 0 Å². The van der Waals surface area contributed by atoms with Crippen LogP contribution in [0.5, 0.6) is 0 Å². The second kappa shape index (κ2) is 9.33. The number of hydrogen-bond donors (Lipinski definition) is 1. The lowest BCUT2D eigenvalue weighted by Gasteiger charge is -2.42. The number of aromatic nitrogens is 1. The van der Waals surface area contributed by atoms with E-state index < -0.39 is 0 Å². The predicted octanol–water partition coefficient (Wildman–Crippen LogP) is 6.50. The Morgan fingerprint density at radius 1 is 1.00 bits per heavy atom. The normalized spacial score (nSPS) is 21.2. The molecule has 0 radical (unpaired) electrons. The van der Waals surface area contributed by atoms with Gasteiger partial charge in [0.1, 0.15) is 5.01 Å². The van der Waals surface area contributed by atoms with Crippen molar-refractivity contribution in [1.29, 1.82) is 0 Å². The first-order valence-electron chi connectivity index (χ1n) is 12.2. The van der Waals surface area contributed by atoms with Crippen molar-refractivity contribution in [3.8, 4) is 10.6 Å². The average Bonchev–Trinajstić information content (AvgIpc) is 3.25. The molecule has 1 fully saturated rings. The average molecular weight is 441 g/mol. The van der Waals surface area contributed by atoms with Crippen LogP contribution in [-0.2, 0) is 10.8 Å². The first kappa shape index (κ1) is 22.9. The summed E-state index contributed by atoms with van der Waals surface area (Å²) in [5, 5.41) is 12.4. The molecule has 4 heteroatoms. The summed E-state index contributed by atoms with van der Waals surface area (Å²) in [5.41, 5.74) is 6.15. The Kier molecular flexibility index (Phi) is 6.90. The van der Waals surface area contributed by atoms with Crippen molar-refractivity contribution in [2.24, 2.45) is 0 Å². The monoisotopic (exact) mass is 440 g/mol. The lowest BCUT2D eigenvalue weighted by atomic mass is 9.63. The number of thiazole rings is 1. The van der Waals surface area contributed by atoms with E-state index in [-0.39, 0.29) is 10.8 Å². The minimum absolute atomic E-state index is 0.241. The molecule has 31 heavy (non-hydrogen) atoms. The summed E-state index contributed by atoms with van der Waals surface area (Å²) in [5.74, 6) is 0.603. The molecule has 0 spiro atoms. The molecule has 0 atom stereocenters. The van der Waals surface area contributed by atoms with E-state index in [9.17, 15) is 0 Å². The van der Waals surface area contributed by atoms with E-state index >= 15 is 0 Å². The van der Waals surface area contributed by atoms with Crippen LogP contribution in [0.15, 0.2) is 23.6 Å². The number of fused-ring (bicyclic) bond motifs is 1. The molecule has 3 nitrogen and oxygen atoms in total. The lowest BCUT2D eigenvalue weighted by molar-refractivity contribution is 0.204. The minimum atomic E-state index is 0.241. The van der Waals surface area contributed by atoms with Crippen molar-refractivity contribution in [3.05, 3.63) is 40.4 Å². The number of likely N-dealkylation sites (tertiary alicyclic amines) is 1. The van der Waals surface area contributed by atoms with Crippen LogP contribution >= 0.6 is 11.3 Å². The summed E-state index contributed by atoms with van der Waals surface area (Å²) in [6.45, 7) is 13.4. The standard InChI is InChI=1S/C27H40N2OS/c1-26(2)12-13-27(3,4)23-18-21(8-9-22(23)26)25-28-24(19-31-25)20-10-15-29(16-11-20)14-6-5-7-17-30/h8-9,18-20,30H,5-7,10-17H2,1-4H3. The summed E-state index contributed by atoms with van der Waals surface area (Å²) in [6, 6.07) is 7.12. The summed E-state index contributed by atoms with van der Waals surface area (Å²) >= 11 is 1.82. The Morgan fingerprint density at radius 2 is 1.71 bits per heavy atom. The van der Waals surface area contributed by atoms with Crippen LogP contribution in [0.4, 0.5) is 0 Å². The lowest BCUT2D eigenvalue weighted by Crippen LogP contribution is -2.33. The van der Waals surface area contributed by atoms with E-state index in [0.29, 0.717) is 12.5 Å². The molecular formula is C27H40N2OS. The summed E-state index contributed by atoms with van der Waals surface area (Å²) in [7, 11) is 0. The van der Waals surface area contributed by atoms with Gasteiger partial charge in [-0.2, -0.15) is 0 Å². The maximum absolute atomic E-state index is 8.94. The molecule has 1 N–H and O–H groups in total. The van der Waals surface area contributed by atoms with E-state index in [4.69, 9.17) is 10.1 Å². The highest BCUT2D eigenvalue weighted by Gasteiger charge is 2.37. The molecule has 4 rings (SSSR count). The fourth-order valence-electron chi connectivity index (χ4n) is 5.40. The smallest absolute Gasteiger partial charge is 0.123 e. The van der Waals surface area contributed by atoms with Crippen molar-refractivity contribution < 1.29 is 5.11 Å². The second-order valence-electron chi connectivity index (χ2n) is 11.0. The van der Waals surface area contributed by atoms with Crippen LogP contribution in [0.3, 0.4) is 0 Å². The van der Waals surface area contributed by atoms with Gasteiger partial charge in [0, 0.05) is 23.5 Å². The Bertz CT molecular complexity index is 877. The Hall–Kier alpha value is -1.23. The molecule has 1 aromatic heterocycles. The van der Waals surface area contributed by atoms with E-state index in [1.54, 1.807) is 0 Å². The van der Waals surface area contributed by atoms with Crippen LogP contribution < -0.4 is 0 Å². The molecule has 0 bridgehead atoms. The summed E-state index contributed by atoms with van der Waals surface area (Å²) in [4.78, 5) is 7.71. The Balaban J connectivity index is 1.43. The molecule has 0 amide bonds. The highest BCUT2D eigenvalue weighted by Crippen LogP contribution is 2.47. The first-order valence-corrected chi connectivity index (χ1v) is 13.1. The highest BCUT2D eigenvalue weighted by atomic mass is 32.1. The minimum Gasteiger partial charge on any atom is -0.396 e. The van der Waals surface area contributed by atoms with Gasteiger partial charge in [0.15, 0.2) is 0 Å². The SMILES string of the molecule is CC1(C)CCC(C)(C)c2cc(-c3nc(C4CCN(CCCCCO)CC4)cs3)ccc21. The molecule has 170 valence electrons. The molecule has 2 aliphatic rings. The highest BCUT2D eigenvalue weighted by molar-refractivity contribution is 7.13. The van der Waals surface area contributed by atoms with Gasteiger partial charge in [0.05, 0.1) is 5.69 Å². The molecular weight excluding hydrogens is 400 g/mol. The first-order chi connectivity index (χ1) is 14.8. The Labute approximate surface area is 192 Å². The maximum Gasteiger partial charge on any atom is 0.123 e. The molecule has 0 saturated carbocycles. The third kappa shape index (κ3) is 5.07. The third-order valence-corrected chi connectivity index (χ3v) is 8.67. The van der Waals surface area contributed by atoms with Gasteiger partial charge in [0.2, 0.25) is 0 Å². The number of rotatable bonds is 7. The van der Waals surface area contributed by atoms with Crippen molar-refractivity contribution >= 4 is 11.3 Å². The number of unbranched alkanes of at least 4 members (excludes halogenated alkanes) is 2. The number of hydrogen-bond acceptors (Lipinski definition) is 4. The zero-order chi connectivity index (χ0) is 22.1. The number of aliphatic hydroxyl groups excluding tert-OH is 1. The molecule has 0 unspecified atom stereocenters. The fraction of sp³-hybridized carbons (Fsp3) is 0.667. The van der Waals surface area contributed by atoms with Crippen LogP contribution in [0.2, 0.25) is 0 Å². The summed E-state index contributed by atoms with van der Waals surface area (Å²) in [6.07, 6.45) is 8.23. The van der Waals surface area contributed by atoms with E-state index in [0.717, 1.165) is 12.8 Å². The van der Waals surface area contributed by atoms with Gasteiger partial charge in [-0.25, -0.2) is 4.98 Å². The van der Waals surface area contributed by atoms with Crippen molar-refractivity contribution in [2.45, 2.75) is 89.4 Å². The van der Waals surface area contributed by atoms with E-state index in [1.807, 2.05) is 11.3 Å². The topological polar surface area (TPSA) is 36.4 Å². The van der Waals surface area contributed by atoms with E-state index in [1.165, 1.54) is 79.1 Å². The zero-order valence-corrected chi connectivity index (χ0v) is 20.7. The van der Waals surface area contributed by atoms with Crippen molar-refractivity contribution in [3.63, 3.8) is 0 Å². The summed E-state index contributed by atoms with van der Waals surface area (Å²) < 4.78 is 0. The maximum atomic E-state index is 8.94. The molecule has 1 aliphatic carbocycles. The molecule has 1 aromatic carbocycles. The number of aliphatic hydroxyl groups is 1. The molecule has 2 aromatic rings. The van der Waals surface area contributed by atoms with Gasteiger partial charge in [-0.3, -0.25) is 0 Å². The third-order valence-electron chi connectivity index (χ3n) is 7.76. The Morgan fingerprint density at radius 3 is 2.42 bits per heavy atom. The molecule has 1 aliphatic heterocycles. The fourth-order valence-corrected chi connectivity index (χ4v) is 6.30. The number of nitrogens with zero attached hydrogens (tertiary/aromatic N) is 2. The predicted molar refractivity (Wildman–Crippen MR) is 132 cm³/mol. The van der Waals surface area contributed by atoms with Crippen molar-refractivity contribution in [2.75, 3.05) is 26.2 Å². The quantitative estimate of drug-likeness (QED) is 0.499. The molecule has 2 heterocycles. The van der Waals surface area contributed by atoms with Gasteiger partial charge in [-0.1, -0.05) is 39.8 Å². The largest absolute Gasteiger partial charge is 0.396 e. The molecule has 1 saturated heterocycles. The van der Waals surface area contributed by atoms with Gasteiger partial charge in [0.25, 0.3) is 0 Å². The number of benzene rings is 1. The van der Waals surface area contributed by atoms with Crippen LogP contribution in [0.1, 0.15) is 95.4 Å². The van der Waals surface area contributed by atoms with Crippen molar-refractivity contribution in [1.82, 2.24) is 9.88 Å². The zero-order valence-electron chi connectivity index (χ0n) is 19.9. The van der Waals surface area contributed by atoms with Crippen LogP contribution in [0.25, 0.3) is 10.6 Å².